The van der Waals surface area contributed by atoms with E-state index in [1.165, 1.54) is 4.70 Å². The Kier molecular flexibility index (Phi) is 3.70. The van der Waals surface area contributed by atoms with Gasteiger partial charge in [-0.25, -0.2) is 4.98 Å². The summed E-state index contributed by atoms with van der Waals surface area (Å²) in [7, 11) is 1.82. The average Bonchev–Trinajstić information content (AvgIpc) is 3.19. The van der Waals surface area contributed by atoms with E-state index in [1.54, 1.807) is 23.1 Å². The first-order valence-electron chi connectivity index (χ1n) is 6.63. The van der Waals surface area contributed by atoms with Gasteiger partial charge in [0, 0.05) is 5.75 Å². The zero-order valence-corrected chi connectivity index (χ0v) is 12.9. The van der Waals surface area contributed by atoms with Gasteiger partial charge in [0.05, 0.1) is 10.2 Å². The van der Waals surface area contributed by atoms with Crippen molar-refractivity contribution >= 4 is 39.2 Å². The first-order chi connectivity index (χ1) is 9.65. The number of nitrogens with one attached hydrogen (secondary N) is 1. The fourth-order valence-corrected chi connectivity index (χ4v) is 4.87. The van der Waals surface area contributed by atoms with Gasteiger partial charge in [-0.15, -0.1) is 11.3 Å². The summed E-state index contributed by atoms with van der Waals surface area (Å²) in [4.78, 5) is 16.4. The average molecular weight is 307 g/mol. The van der Waals surface area contributed by atoms with Gasteiger partial charge >= 0.3 is 0 Å². The van der Waals surface area contributed by atoms with Crippen molar-refractivity contribution in [3.05, 3.63) is 24.3 Å². The number of thioether (sulfide) groups is 1. The molecular formula is C14H17N3OS2. The highest BCUT2D eigenvalue weighted by molar-refractivity contribution is 8.01. The van der Waals surface area contributed by atoms with Crippen molar-refractivity contribution in [1.82, 2.24) is 10.3 Å². The van der Waals surface area contributed by atoms with Crippen LogP contribution in [0, 0.1) is 5.92 Å². The van der Waals surface area contributed by atoms with E-state index in [0.717, 1.165) is 22.7 Å². The second-order valence-corrected chi connectivity index (χ2v) is 7.35. The molecular weight excluding hydrogens is 290 g/mol. The number of para-hydroxylation sites is 1. The lowest BCUT2D eigenvalue weighted by atomic mass is 9.95. The van der Waals surface area contributed by atoms with Crippen LogP contribution in [0.25, 0.3) is 10.2 Å². The molecule has 0 spiro atoms. The molecule has 4 nitrogen and oxygen atoms in total. The van der Waals surface area contributed by atoms with Crippen molar-refractivity contribution in [2.24, 2.45) is 11.7 Å². The monoisotopic (exact) mass is 307 g/mol. The van der Waals surface area contributed by atoms with Crippen LogP contribution >= 0.6 is 23.1 Å². The van der Waals surface area contributed by atoms with Crippen molar-refractivity contribution in [2.75, 3.05) is 12.8 Å². The summed E-state index contributed by atoms with van der Waals surface area (Å²) in [5, 5.41) is 3.16. The number of likely N-dealkylation sites (N-methyl/N-ethyl adjacent to an activating group) is 1. The Hall–Kier alpha value is -1.11. The van der Waals surface area contributed by atoms with Gasteiger partial charge in [-0.3, -0.25) is 4.79 Å². The molecule has 1 unspecified atom stereocenters. The summed E-state index contributed by atoms with van der Waals surface area (Å²) in [6.45, 7) is 0. The zero-order chi connectivity index (χ0) is 14.2. The van der Waals surface area contributed by atoms with E-state index >= 15 is 0 Å². The molecule has 1 fully saturated rings. The molecule has 1 aliphatic rings. The Labute approximate surface area is 126 Å². The zero-order valence-electron chi connectivity index (χ0n) is 11.3. The third kappa shape index (κ3) is 2.43. The number of benzene rings is 1. The predicted octanol–water partition coefficient (Wildman–Crippen LogP) is 2.24. The molecule has 2 aromatic rings. The van der Waals surface area contributed by atoms with Crippen LogP contribution in [0.3, 0.4) is 0 Å². The lowest BCUT2D eigenvalue weighted by molar-refractivity contribution is -0.124. The van der Waals surface area contributed by atoms with Crippen LogP contribution in [0.4, 0.5) is 0 Å². The van der Waals surface area contributed by atoms with Gasteiger partial charge in [0.25, 0.3) is 0 Å². The molecule has 0 saturated heterocycles. The van der Waals surface area contributed by atoms with E-state index < -0.39 is 5.54 Å². The summed E-state index contributed by atoms with van der Waals surface area (Å²) in [6.07, 6.45) is 2.15. The van der Waals surface area contributed by atoms with Crippen LogP contribution in [-0.2, 0) is 4.79 Å². The summed E-state index contributed by atoms with van der Waals surface area (Å²) in [5.41, 5.74) is 6.05. The molecule has 1 aromatic heterocycles. The SMILES string of the molecule is CNC(CSc1nc2ccccc2s1)(C(N)=O)C1CC1. The summed E-state index contributed by atoms with van der Waals surface area (Å²) in [6, 6.07) is 8.08. The summed E-state index contributed by atoms with van der Waals surface area (Å²) >= 11 is 3.28. The van der Waals surface area contributed by atoms with Crippen molar-refractivity contribution in [2.45, 2.75) is 22.7 Å². The Balaban J connectivity index is 1.78. The van der Waals surface area contributed by atoms with E-state index in [4.69, 9.17) is 5.73 Å². The maximum absolute atomic E-state index is 11.9. The van der Waals surface area contributed by atoms with E-state index in [1.807, 2.05) is 25.2 Å². The number of hydrogen-bond acceptors (Lipinski definition) is 5. The summed E-state index contributed by atoms with van der Waals surface area (Å²) < 4.78 is 2.17. The molecule has 1 heterocycles. The minimum atomic E-state index is -0.595. The van der Waals surface area contributed by atoms with Crippen LogP contribution in [0.1, 0.15) is 12.8 Å². The number of fused-ring (bicyclic) bond motifs is 1. The molecule has 3 rings (SSSR count). The van der Waals surface area contributed by atoms with Crippen LogP contribution < -0.4 is 11.1 Å². The van der Waals surface area contributed by atoms with Crippen LogP contribution in [-0.4, -0.2) is 29.2 Å². The van der Waals surface area contributed by atoms with Crippen molar-refractivity contribution in [1.29, 1.82) is 0 Å². The number of nitrogens with two attached hydrogens (primary N) is 1. The van der Waals surface area contributed by atoms with E-state index in [9.17, 15) is 4.79 Å². The number of carbonyl (C=O) groups excluding carboxylic acids is 1. The quantitative estimate of drug-likeness (QED) is 0.803. The smallest absolute Gasteiger partial charge is 0.238 e. The molecule has 0 radical (unpaired) electrons. The minimum Gasteiger partial charge on any atom is -0.368 e. The van der Waals surface area contributed by atoms with Crippen molar-refractivity contribution in [3.8, 4) is 0 Å². The molecule has 1 saturated carbocycles. The van der Waals surface area contributed by atoms with Gasteiger partial charge in [-0.1, -0.05) is 23.9 Å². The van der Waals surface area contributed by atoms with E-state index in [2.05, 4.69) is 16.4 Å². The number of primary amides is 1. The van der Waals surface area contributed by atoms with E-state index in [-0.39, 0.29) is 5.91 Å². The highest BCUT2D eigenvalue weighted by Gasteiger charge is 2.48. The Morgan fingerprint density at radius 1 is 1.55 bits per heavy atom. The first kappa shape index (κ1) is 13.9. The standard InChI is InChI=1S/C14H17N3OS2/c1-16-14(12(15)18,9-6-7-9)8-19-13-17-10-4-2-3-5-11(10)20-13/h2-5,9,16H,6-8H2,1H3,(H2,15,18). The third-order valence-corrected chi connectivity index (χ3v) is 6.23. The van der Waals surface area contributed by atoms with Crippen LogP contribution in [0.15, 0.2) is 28.6 Å². The number of thiazole rings is 1. The number of carbonyl (C=O) groups is 1. The van der Waals surface area contributed by atoms with Gasteiger partial charge in [0.2, 0.25) is 5.91 Å². The number of nitrogens with zero attached hydrogens (tertiary/aromatic N) is 1. The molecule has 6 heteroatoms. The lowest BCUT2D eigenvalue weighted by Gasteiger charge is -2.29. The Morgan fingerprint density at radius 2 is 2.30 bits per heavy atom. The highest BCUT2D eigenvalue weighted by Crippen LogP contribution is 2.42. The van der Waals surface area contributed by atoms with E-state index in [0.29, 0.717) is 11.7 Å². The van der Waals surface area contributed by atoms with Crippen molar-refractivity contribution in [3.63, 3.8) is 0 Å². The van der Waals surface area contributed by atoms with Crippen LogP contribution in [0.2, 0.25) is 0 Å². The van der Waals surface area contributed by atoms with Gasteiger partial charge in [-0.2, -0.15) is 0 Å². The maximum Gasteiger partial charge on any atom is 0.238 e. The molecule has 3 N–H and O–H groups in total. The molecule has 1 aromatic carbocycles. The molecule has 1 amide bonds. The number of amides is 1. The second kappa shape index (κ2) is 5.35. The first-order valence-corrected chi connectivity index (χ1v) is 8.43. The van der Waals surface area contributed by atoms with Gasteiger partial charge in [0.1, 0.15) is 5.54 Å². The molecule has 1 atom stereocenters. The lowest BCUT2D eigenvalue weighted by Crippen LogP contribution is -2.57. The fourth-order valence-electron chi connectivity index (χ4n) is 2.45. The molecule has 0 bridgehead atoms. The number of rotatable bonds is 6. The van der Waals surface area contributed by atoms with Gasteiger partial charge in [-0.05, 0) is 37.9 Å². The Bertz CT molecular complexity index is 605. The second-order valence-electron chi connectivity index (χ2n) is 5.10. The topological polar surface area (TPSA) is 68.0 Å². The third-order valence-electron chi connectivity index (χ3n) is 3.86. The number of aromatic nitrogens is 1. The van der Waals surface area contributed by atoms with Crippen molar-refractivity contribution < 1.29 is 4.79 Å². The largest absolute Gasteiger partial charge is 0.368 e. The maximum atomic E-state index is 11.9. The normalized spacial score (nSPS) is 18.1. The molecule has 20 heavy (non-hydrogen) atoms. The Morgan fingerprint density at radius 3 is 2.90 bits per heavy atom. The van der Waals surface area contributed by atoms with Gasteiger partial charge in [0.15, 0.2) is 4.34 Å². The fraction of sp³-hybridized carbons (Fsp3) is 0.429. The number of hydrogen-bond donors (Lipinski definition) is 2. The predicted molar refractivity (Wildman–Crippen MR) is 84.1 cm³/mol. The van der Waals surface area contributed by atoms with Gasteiger partial charge < -0.3 is 11.1 Å². The molecule has 0 aliphatic heterocycles. The highest BCUT2D eigenvalue weighted by atomic mass is 32.2. The molecule has 1 aliphatic carbocycles. The van der Waals surface area contributed by atoms with Crippen LogP contribution in [0.5, 0.6) is 0 Å². The molecule has 106 valence electrons. The summed E-state index contributed by atoms with van der Waals surface area (Å²) in [5.74, 6) is 0.756. The minimum absolute atomic E-state index is 0.254.